The predicted molar refractivity (Wildman–Crippen MR) is 161 cm³/mol. The Labute approximate surface area is 238 Å². The zero-order chi connectivity index (χ0) is 28.0. The molecule has 0 unspecified atom stereocenters. The van der Waals surface area contributed by atoms with Gasteiger partial charge >= 0.3 is 5.97 Å². The van der Waals surface area contributed by atoms with Crippen LogP contribution in [-0.2, 0) is 33.8 Å². The van der Waals surface area contributed by atoms with E-state index in [0.717, 1.165) is 35.1 Å². The van der Waals surface area contributed by atoms with Crippen LogP contribution in [0.5, 0.6) is 0 Å². The van der Waals surface area contributed by atoms with Crippen LogP contribution < -0.4 is 0 Å². The molecule has 4 rings (SSSR count). The topological polar surface area (TPSA) is 46.6 Å². The van der Waals surface area contributed by atoms with E-state index in [9.17, 15) is 9.59 Å². The molecular weight excluding hydrogens is 494 g/mol. The van der Waals surface area contributed by atoms with Gasteiger partial charge < -0.3 is 4.74 Å². The molecule has 4 aromatic rings. The molecule has 0 aliphatic carbocycles. The van der Waals surface area contributed by atoms with Crippen LogP contribution in [0, 0.1) is 0 Å². The lowest BCUT2D eigenvalue weighted by molar-refractivity contribution is -0.147. The number of carbonyl (C=O) groups excluding carboxylic acids is 2. The summed E-state index contributed by atoms with van der Waals surface area (Å²) in [5, 5.41) is 0. The molecule has 0 saturated carbocycles. The minimum atomic E-state index is -0.640. The number of benzene rings is 4. The van der Waals surface area contributed by atoms with Crippen molar-refractivity contribution in [3.63, 3.8) is 0 Å². The minimum Gasteiger partial charge on any atom is -0.465 e. The molecule has 0 aromatic heterocycles. The molecule has 0 fully saturated rings. The van der Waals surface area contributed by atoms with Gasteiger partial charge in [0, 0.05) is 19.5 Å². The zero-order valence-electron chi connectivity index (χ0n) is 23.3. The molecule has 0 aliphatic rings. The standard InChI is InChI=1S/C36H39NO3/c1-2-3-24-40-36(39)33(32-22-14-7-15-23-32)26-35(38)34(25-29-16-8-4-9-17-29)37(27-30-18-10-5-11-19-30)28-31-20-12-6-13-21-31/h4-23,33-34H,2-3,24-28H2,1H3/t33-,34-/m0/s1. The van der Waals surface area contributed by atoms with E-state index in [2.05, 4.69) is 48.2 Å². The first kappa shape index (κ1) is 29.0. The van der Waals surface area contributed by atoms with E-state index in [1.807, 2.05) is 84.9 Å². The van der Waals surface area contributed by atoms with Gasteiger partial charge in [0.1, 0.15) is 0 Å². The summed E-state index contributed by atoms with van der Waals surface area (Å²) in [7, 11) is 0. The number of nitrogens with zero attached hydrogens (tertiary/aromatic N) is 1. The maximum atomic E-state index is 14.3. The van der Waals surface area contributed by atoms with Crippen molar-refractivity contribution in [3.05, 3.63) is 144 Å². The van der Waals surface area contributed by atoms with Gasteiger partial charge in [0.15, 0.2) is 5.78 Å². The fourth-order valence-corrected chi connectivity index (χ4v) is 4.97. The second-order valence-electron chi connectivity index (χ2n) is 10.2. The van der Waals surface area contributed by atoms with Gasteiger partial charge in [-0.05, 0) is 35.1 Å². The molecule has 4 heteroatoms. The van der Waals surface area contributed by atoms with Crippen LogP contribution in [0.3, 0.4) is 0 Å². The van der Waals surface area contributed by atoms with Gasteiger partial charge in [0.25, 0.3) is 0 Å². The Morgan fingerprint density at radius 3 is 1.65 bits per heavy atom. The molecular formula is C36H39NO3. The highest BCUT2D eigenvalue weighted by Crippen LogP contribution is 2.26. The van der Waals surface area contributed by atoms with Gasteiger partial charge in [-0.1, -0.05) is 135 Å². The van der Waals surface area contributed by atoms with Crippen molar-refractivity contribution >= 4 is 11.8 Å². The first-order chi connectivity index (χ1) is 19.6. The highest BCUT2D eigenvalue weighted by Gasteiger charge is 2.32. The van der Waals surface area contributed by atoms with Crippen molar-refractivity contribution in [3.8, 4) is 0 Å². The lowest BCUT2D eigenvalue weighted by Crippen LogP contribution is -2.43. The van der Waals surface area contributed by atoms with Gasteiger partial charge in [-0.2, -0.15) is 0 Å². The molecule has 4 nitrogen and oxygen atoms in total. The van der Waals surface area contributed by atoms with Crippen LogP contribution in [0.25, 0.3) is 0 Å². The summed E-state index contributed by atoms with van der Waals surface area (Å²) in [6, 6.07) is 39.8. The van der Waals surface area contributed by atoms with Crippen LogP contribution in [0.1, 0.15) is 54.4 Å². The number of unbranched alkanes of at least 4 members (excludes halogenated alkanes) is 1. The first-order valence-electron chi connectivity index (χ1n) is 14.2. The summed E-state index contributed by atoms with van der Waals surface area (Å²) in [5.41, 5.74) is 4.19. The Morgan fingerprint density at radius 2 is 1.15 bits per heavy atom. The van der Waals surface area contributed by atoms with E-state index in [0.29, 0.717) is 26.1 Å². The van der Waals surface area contributed by atoms with Gasteiger partial charge in [0.2, 0.25) is 0 Å². The van der Waals surface area contributed by atoms with E-state index in [1.165, 1.54) is 0 Å². The maximum Gasteiger partial charge on any atom is 0.313 e. The van der Waals surface area contributed by atoms with Crippen LogP contribution >= 0.6 is 0 Å². The monoisotopic (exact) mass is 533 g/mol. The SMILES string of the molecule is CCCCOC(=O)[C@@H](CC(=O)[C@H](Cc1ccccc1)N(Cc1ccccc1)Cc1ccccc1)c1ccccc1. The van der Waals surface area contributed by atoms with Crippen molar-refractivity contribution in [2.45, 2.75) is 57.7 Å². The lowest BCUT2D eigenvalue weighted by atomic mass is 9.89. The van der Waals surface area contributed by atoms with Gasteiger partial charge in [0.05, 0.1) is 18.6 Å². The van der Waals surface area contributed by atoms with Crippen molar-refractivity contribution in [1.29, 1.82) is 0 Å². The summed E-state index contributed by atoms with van der Waals surface area (Å²) in [6.07, 6.45) is 2.40. The lowest BCUT2D eigenvalue weighted by Gasteiger charge is -2.32. The molecule has 0 saturated heterocycles. The van der Waals surface area contributed by atoms with Crippen molar-refractivity contribution in [2.24, 2.45) is 0 Å². The minimum absolute atomic E-state index is 0.0389. The highest BCUT2D eigenvalue weighted by atomic mass is 16.5. The number of hydrogen-bond acceptors (Lipinski definition) is 4. The molecule has 0 amide bonds. The zero-order valence-corrected chi connectivity index (χ0v) is 23.3. The van der Waals surface area contributed by atoms with Crippen molar-refractivity contribution in [1.82, 2.24) is 4.90 Å². The Kier molecular flexibility index (Phi) is 11.3. The van der Waals surface area contributed by atoms with Crippen molar-refractivity contribution < 1.29 is 14.3 Å². The number of rotatable bonds is 15. The Balaban J connectivity index is 1.67. The summed E-state index contributed by atoms with van der Waals surface area (Å²) >= 11 is 0. The second-order valence-corrected chi connectivity index (χ2v) is 10.2. The molecule has 40 heavy (non-hydrogen) atoms. The Bertz CT molecular complexity index is 1250. The molecule has 0 spiro atoms. The quantitative estimate of drug-likeness (QED) is 0.118. The number of carbonyl (C=O) groups is 2. The van der Waals surface area contributed by atoms with E-state index in [1.54, 1.807) is 0 Å². The van der Waals surface area contributed by atoms with Crippen LogP contribution in [-0.4, -0.2) is 29.3 Å². The second kappa shape index (κ2) is 15.5. The molecule has 4 aromatic carbocycles. The molecule has 206 valence electrons. The normalized spacial score (nSPS) is 12.6. The number of ketones is 1. The third kappa shape index (κ3) is 8.75. The largest absolute Gasteiger partial charge is 0.465 e. The average molecular weight is 534 g/mol. The fourth-order valence-electron chi connectivity index (χ4n) is 4.97. The number of ether oxygens (including phenoxy) is 1. The van der Waals surface area contributed by atoms with E-state index >= 15 is 0 Å². The van der Waals surface area contributed by atoms with E-state index < -0.39 is 12.0 Å². The average Bonchev–Trinajstić information content (AvgIpc) is 3.00. The number of hydrogen-bond donors (Lipinski definition) is 0. The summed E-state index contributed by atoms with van der Waals surface area (Å²) in [6.45, 7) is 3.68. The number of Topliss-reactive ketones (excluding diaryl/α,β-unsaturated/α-hetero) is 1. The maximum absolute atomic E-state index is 14.3. The molecule has 0 aliphatic heterocycles. The third-order valence-electron chi connectivity index (χ3n) is 7.18. The third-order valence-corrected chi connectivity index (χ3v) is 7.18. The Morgan fingerprint density at radius 1 is 0.675 bits per heavy atom. The molecule has 0 radical (unpaired) electrons. The van der Waals surface area contributed by atoms with Gasteiger partial charge in [-0.25, -0.2) is 0 Å². The van der Waals surface area contributed by atoms with Gasteiger partial charge in [-0.15, -0.1) is 0 Å². The molecule has 0 bridgehead atoms. The summed E-state index contributed by atoms with van der Waals surface area (Å²) in [5.74, 6) is -0.930. The number of esters is 1. The van der Waals surface area contributed by atoms with Crippen LogP contribution in [0.2, 0.25) is 0 Å². The van der Waals surface area contributed by atoms with Crippen LogP contribution in [0.15, 0.2) is 121 Å². The van der Waals surface area contributed by atoms with Crippen molar-refractivity contribution in [2.75, 3.05) is 6.61 Å². The fraction of sp³-hybridized carbons (Fsp3) is 0.278. The molecule has 0 heterocycles. The predicted octanol–water partition coefficient (Wildman–Crippen LogP) is 7.39. The molecule has 0 N–H and O–H groups in total. The summed E-state index contributed by atoms with van der Waals surface area (Å²) < 4.78 is 5.64. The summed E-state index contributed by atoms with van der Waals surface area (Å²) in [4.78, 5) is 29.9. The highest BCUT2D eigenvalue weighted by molar-refractivity contribution is 5.91. The molecule has 2 atom stereocenters. The first-order valence-corrected chi connectivity index (χ1v) is 14.2. The van der Waals surface area contributed by atoms with Crippen LogP contribution in [0.4, 0.5) is 0 Å². The smallest absolute Gasteiger partial charge is 0.313 e. The van der Waals surface area contributed by atoms with Gasteiger partial charge in [-0.3, -0.25) is 14.5 Å². The van der Waals surface area contributed by atoms with E-state index in [-0.39, 0.29) is 18.2 Å². The Hall–Kier alpha value is -4.02. The van der Waals surface area contributed by atoms with E-state index in [4.69, 9.17) is 4.74 Å².